The molecule has 1 aromatic carbocycles. The molecule has 1 heterocycles. The van der Waals surface area contributed by atoms with Crippen LogP contribution < -0.4 is 16.0 Å². The highest BCUT2D eigenvalue weighted by Gasteiger charge is 2.30. The maximum Gasteiger partial charge on any atom is 0.249 e. The van der Waals surface area contributed by atoms with E-state index in [-0.39, 0.29) is 24.3 Å². The molecule has 3 N–H and O–H groups in total. The molecule has 1 atom stereocenters. The number of nitrogens with zero attached hydrogens (tertiary/aromatic N) is 1. The van der Waals surface area contributed by atoms with E-state index in [1.807, 2.05) is 0 Å². The first-order valence-corrected chi connectivity index (χ1v) is 7.01. The maximum absolute atomic E-state index is 12.2. The highest BCUT2D eigenvalue weighted by atomic mass is 35.5. The second kappa shape index (κ2) is 5.89. The summed E-state index contributed by atoms with van der Waals surface area (Å²) < 4.78 is 0. The summed E-state index contributed by atoms with van der Waals surface area (Å²) in [7, 11) is 0. The summed E-state index contributed by atoms with van der Waals surface area (Å²) >= 11 is 12.0. The van der Waals surface area contributed by atoms with Gasteiger partial charge >= 0.3 is 0 Å². The van der Waals surface area contributed by atoms with Gasteiger partial charge in [-0.15, -0.1) is 0 Å². The molecule has 0 saturated carbocycles. The topological polar surface area (TPSA) is 75.4 Å². The second-order valence-corrected chi connectivity index (χ2v) is 5.52. The van der Waals surface area contributed by atoms with Crippen LogP contribution in [-0.4, -0.2) is 24.4 Å². The molecule has 0 aromatic heterocycles. The third-order valence-corrected chi connectivity index (χ3v) is 3.86. The third kappa shape index (κ3) is 2.99. The number of hydrogen-bond donors (Lipinski definition) is 2. The van der Waals surface area contributed by atoms with Crippen molar-refractivity contribution < 1.29 is 9.59 Å². The van der Waals surface area contributed by atoms with Crippen LogP contribution in [0.5, 0.6) is 0 Å². The summed E-state index contributed by atoms with van der Waals surface area (Å²) in [5.41, 5.74) is 6.54. The number of nitrogens with two attached hydrogens (primary N) is 1. The monoisotopic (exact) mass is 315 g/mol. The molecule has 7 heteroatoms. The number of carbonyl (C=O) groups is 2. The van der Waals surface area contributed by atoms with Gasteiger partial charge in [-0.1, -0.05) is 23.2 Å². The first-order valence-electron chi connectivity index (χ1n) is 6.25. The van der Waals surface area contributed by atoms with Crippen molar-refractivity contribution >= 4 is 46.4 Å². The van der Waals surface area contributed by atoms with Crippen LogP contribution in [0.25, 0.3) is 0 Å². The van der Waals surface area contributed by atoms with Crippen LogP contribution in [0.4, 0.5) is 11.4 Å². The van der Waals surface area contributed by atoms with Crippen LogP contribution in [0.2, 0.25) is 10.0 Å². The average molecular weight is 316 g/mol. The Morgan fingerprint density at radius 2 is 2.05 bits per heavy atom. The molecule has 0 saturated heterocycles. The lowest BCUT2D eigenvalue weighted by molar-refractivity contribution is -0.120. The van der Waals surface area contributed by atoms with Crippen molar-refractivity contribution in [3.05, 3.63) is 22.2 Å². The molecule has 0 spiro atoms. The number of hydrogen-bond acceptors (Lipinski definition) is 3. The van der Waals surface area contributed by atoms with E-state index in [0.717, 1.165) is 5.69 Å². The van der Waals surface area contributed by atoms with E-state index in [9.17, 15) is 9.59 Å². The van der Waals surface area contributed by atoms with Crippen LogP contribution in [-0.2, 0) is 9.59 Å². The smallest absolute Gasteiger partial charge is 0.249 e. The molecule has 1 unspecified atom stereocenters. The first-order chi connectivity index (χ1) is 9.40. The lowest BCUT2D eigenvalue weighted by Gasteiger charge is -2.34. The van der Waals surface area contributed by atoms with Crippen molar-refractivity contribution in [1.82, 2.24) is 0 Å². The minimum atomic E-state index is -0.380. The Morgan fingerprint density at radius 3 is 2.70 bits per heavy atom. The number of anilines is 2. The zero-order valence-electron chi connectivity index (χ0n) is 11.0. The van der Waals surface area contributed by atoms with E-state index in [0.29, 0.717) is 28.7 Å². The molecule has 0 bridgehead atoms. The molecular formula is C13H15Cl2N3O2. The molecule has 5 nitrogen and oxygen atoms in total. The van der Waals surface area contributed by atoms with Crippen molar-refractivity contribution in [2.24, 2.45) is 5.73 Å². The molecule has 1 aromatic rings. The lowest BCUT2D eigenvalue weighted by Crippen LogP contribution is -2.46. The Morgan fingerprint density at radius 1 is 1.40 bits per heavy atom. The van der Waals surface area contributed by atoms with Gasteiger partial charge in [-0.25, -0.2) is 0 Å². The number of rotatable bonds is 4. The van der Waals surface area contributed by atoms with Crippen LogP contribution in [0.3, 0.4) is 0 Å². The fourth-order valence-corrected chi connectivity index (χ4v) is 2.49. The van der Waals surface area contributed by atoms with Gasteiger partial charge in [-0.05, 0) is 25.5 Å². The summed E-state index contributed by atoms with van der Waals surface area (Å²) in [6.45, 7) is 2.19. The number of benzene rings is 1. The molecule has 2 rings (SSSR count). The standard InChI is InChI=1S/C13H15Cl2N3O2/c1-7-13(20)18(4-2-3-12(16)19)11-6-9(15)8(14)5-10(11)17-7/h5-7,17H,2-4H2,1H3,(H2,16,19). The van der Waals surface area contributed by atoms with Gasteiger partial charge in [0.05, 0.1) is 21.4 Å². The number of carbonyl (C=O) groups excluding carboxylic acids is 2. The molecule has 0 radical (unpaired) electrons. The zero-order chi connectivity index (χ0) is 14.9. The predicted molar refractivity (Wildman–Crippen MR) is 80.3 cm³/mol. The van der Waals surface area contributed by atoms with Gasteiger partial charge in [0, 0.05) is 13.0 Å². The molecule has 0 aliphatic carbocycles. The fraction of sp³-hybridized carbons (Fsp3) is 0.385. The minimum Gasteiger partial charge on any atom is -0.372 e. The normalized spacial score (nSPS) is 17.6. The van der Waals surface area contributed by atoms with Crippen molar-refractivity contribution in [2.75, 3.05) is 16.8 Å². The van der Waals surface area contributed by atoms with Gasteiger partial charge in [0.1, 0.15) is 6.04 Å². The Bertz CT molecular complexity index is 563. The van der Waals surface area contributed by atoms with Gasteiger partial charge in [-0.3, -0.25) is 9.59 Å². The van der Waals surface area contributed by atoms with Crippen molar-refractivity contribution in [3.63, 3.8) is 0 Å². The number of primary amides is 1. The summed E-state index contributed by atoms with van der Waals surface area (Å²) in [5, 5.41) is 3.89. The van der Waals surface area contributed by atoms with Crippen molar-refractivity contribution in [1.29, 1.82) is 0 Å². The van der Waals surface area contributed by atoms with Crippen molar-refractivity contribution in [2.45, 2.75) is 25.8 Å². The SMILES string of the molecule is CC1Nc2cc(Cl)c(Cl)cc2N(CCCC(N)=O)C1=O. The molecule has 1 aliphatic heterocycles. The van der Waals surface area contributed by atoms with E-state index in [2.05, 4.69) is 5.32 Å². The molecule has 0 fully saturated rings. The van der Waals surface area contributed by atoms with E-state index >= 15 is 0 Å². The maximum atomic E-state index is 12.2. The lowest BCUT2D eigenvalue weighted by atomic mass is 10.1. The number of fused-ring (bicyclic) bond motifs is 1. The molecule has 2 amide bonds. The molecule has 1 aliphatic rings. The number of halogens is 2. The summed E-state index contributed by atoms with van der Waals surface area (Å²) in [5.74, 6) is -0.449. The first kappa shape index (κ1) is 14.9. The van der Waals surface area contributed by atoms with E-state index in [1.165, 1.54) is 0 Å². The highest BCUT2D eigenvalue weighted by Crippen LogP contribution is 2.38. The highest BCUT2D eigenvalue weighted by molar-refractivity contribution is 6.42. The zero-order valence-corrected chi connectivity index (χ0v) is 12.5. The largest absolute Gasteiger partial charge is 0.372 e. The van der Waals surface area contributed by atoms with Crippen LogP contribution in [0.1, 0.15) is 19.8 Å². The molecule has 20 heavy (non-hydrogen) atoms. The molecule has 108 valence electrons. The van der Waals surface area contributed by atoms with Crippen molar-refractivity contribution in [3.8, 4) is 0 Å². The predicted octanol–water partition coefficient (Wildman–Crippen LogP) is 2.41. The number of nitrogens with one attached hydrogen (secondary N) is 1. The summed E-state index contributed by atoms with van der Waals surface area (Å²) in [6, 6.07) is 3.00. The van der Waals surface area contributed by atoms with Crippen LogP contribution in [0, 0.1) is 0 Å². The van der Waals surface area contributed by atoms with Gasteiger partial charge in [0.15, 0.2) is 0 Å². The Balaban J connectivity index is 2.28. The van der Waals surface area contributed by atoms with E-state index < -0.39 is 0 Å². The Labute approximate surface area is 127 Å². The van der Waals surface area contributed by atoms with Gasteiger partial charge in [0.2, 0.25) is 11.8 Å². The second-order valence-electron chi connectivity index (χ2n) is 4.71. The minimum absolute atomic E-state index is 0.0691. The van der Waals surface area contributed by atoms with Crippen LogP contribution >= 0.6 is 23.2 Å². The van der Waals surface area contributed by atoms with Gasteiger partial charge in [-0.2, -0.15) is 0 Å². The van der Waals surface area contributed by atoms with Crippen LogP contribution in [0.15, 0.2) is 12.1 Å². The Kier molecular flexibility index (Phi) is 4.40. The molecular weight excluding hydrogens is 301 g/mol. The van der Waals surface area contributed by atoms with E-state index in [4.69, 9.17) is 28.9 Å². The summed E-state index contributed by atoms with van der Waals surface area (Å²) in [4.78, 5) is 24.6. The van der Waals surface area contributed by atoms with Gasteiger partial charge in [0.25, 0.3) is 0 Å². The fourth-order valence-electron chi connectivity index (χ4n) is 2.16. The number of amides is 2. The van der Waals surface area contributed by atoms with Gasteiger partial charge < -0.3 is 16.0 Å². The average Bonchev–Trinajstić information content (AvgIpc) is 2.36. The van der Waals surface area contributed by atoms with E-state index in [1.54, 1.807) is 24.0 Å². The third-order valence-electron chi connectivity index (χ3n) is 3.14. The Hall–Kier alpha value is -1.46. The summed E-state index contributed by atoms with van der Waals surface area (Å²) in [6.07, 6.45) is 0.746. The quantitative estimate of drug-likeness (QED) is 0.895.